The van der Waals surface area contributed by atoms with Gasteiger partial charge in [0.25, 0.3) is 0 Å². The number of aromatic amines is 1. The van der Waals surface area contributed by atoms with Crippen molar-refractivity contribution in [1.29, 1.82) is 16.1 Å². The minimum absolute atomic E-state index is 0.0787. The van der Waals surface area contributed by atoms with Crippen LogP contribution in [0.25, 0.3) is 0 Å². The zero-order valence-electron chi connectivity index (χ0n) is 13.2. The molecular formula is C16H16N6O2. The van der Waals surface area contributed by atoms with E-state index in [0.717, 1.165) is 5.56 Å². The quantitative estimate of drug-likeness (QED) is 0.496. The number of H-pyrrole nitrogens is 1. The Hall–Kier alpha value is -3.02. The summed E-state index contributed by atoms with van der Waals surface area (Å²) in [5.41, 5.74) is 2.31. The van der Waals surface area contributed by atoms with E-state index in [-0.39, 0.29) is 11.4 Å². The van der Waals surface area contributed by atoms with Crippen molar-refractivity contribution in [2.75, 3.05) is 19.5 Å². The number of hydrogen-bond acceptors (Lipinski definition) is 7. The van der Waals surface area contributed by atoms with Gasteiger partial charge >= 0.3 is 0 Å². The molecule has 1 unspecified atom stereocenters. The SMILES string of the molecule is COC(OC)C1=C(C#N)C(C2=CC=CC(=N)C2=N)c2cn[nH]c2N1. The zero-order valence-corrected chi connectivity index (χ0v) is 13.2. The first kappa shape index (κ1) is 15.9. The van der Waals surface area contributed by atoms with Crippen molar-refractivity contribution in [3.63, 3.8) is 0 Å². The lowest BCUT2D eigenvalue weighted by molar-refractivity contribution is -0.0746. The third kappa shape index (κ3) is 2.36. The van der Waals surface area contributed by atoms with Gasteiger partial charge in [0, 0.05) is 19.8 Å². The monoisotopic (exact) mass is 324 g/mol. The van der Waals surface area contributed by atoms with Crippen LogP contribution in [0.3, 0.4) is 0 Å². The third-order valence-electron chi connectivity index (χ3n) is 4.01. The summed E-state index contributed by atoms with van der Waals surface area (Å²) in [6, 6.07) is 2.20. The van der Waals surface area contributed by atoms with Gasteiger partial charge in [-0.2, -0.15) is 10.4 Å². The second-order valence-electron chi connectivity index (χ2n) is 5.27. The molecule has 24 heavy (non-hydrogen) atoms. The summed E-state index contributed by atoms with van der Waals surface area (Å²) in [6.45, 7) is 0. The molecule has 8 heteroatoms. The minimum atomic E-state index is -0.757. The highest BCUT2D eigenvalue weighted by Gasteiger charge is 2.37. The summed E-state index contributed by atoms with van der Waals surface area (Å²) in [5.74, 6) is 0.0912. The van der Waals surface area contributed by atoms with Gasteiger partial charge in [-0.15, -0.1) is 0 Å². The molecule has 4 N–H and O–H groups in total. The molecule has 1 aliphatic carbocycles. The molecule has 0 radical (unpaired) electrons. The summed E-state index contributed by atoms with van der Waals surface area (Å²) < 4.78 is 10.6. The van der Waals surface area contributed by atoms with Gasteiger partial charge in [0.05, 0.1) is 40.9 Å². The van der Waals surface area contributed by atoms with Gasteiger partial charge in [0.2, 0.25) is 0 Å². The van der Waals surface area contributed by atoms with E-state index in [4.69, 9.17) is 20.3 Å². The fourth-order valence-electron chi connectivity index (χ4n) is 2.90. The van der Waals surface area contributed by atoms with Crippen LogP contribution in [0.15, 0.2) is 41.3 Å². The Morgan fingerprint density at radius 2 is 2.08 bits per heavy atom. The van der Waals surface area contributed by atoms with Gasteiger partial charge in [0.15, 0.2) is 6.29 Å². The fourth-order valence-corrected chi connectivity index (χ4v) is 2.90. The van der Waals surface area contributed by atoms with Gasteiger partial charge in [-0.3, -0.25) is 15.9 Å². The summed E-state index contributed by atoms with van der Waals surface area (Å²) in [4.78, 5) is 0. The Balaban J connectivity index is 2.20. The number of rotatable bonds is 4. The average Bonchev–Trinajstić information content (AvgIpc) is 3.05. The standard InChI is InChI=1S/C16H16N6O2/c1-23-16(24-2)14-9(6-17)12(10-7-20-22-15(10)21-14)8-4-3-5-11(18)13(8)19/h3-5,7,12,16,18-19H,1-2H3,(H2,20,21,22). The number of hydrogen-bond donors (Lipinski definition) is 4. The van der Waals surface area contributed by atoms with Crippen molar-refractivity contribution in [2.45, 2.75) is 12.2 Å². The smallest absolute Gasteiger partial charge is 0.199 e. The normalized spacial score (nSPS) is 19.9. The molecule has 0 spiro atoms. The van der Waals surface area contributed by atoms with Crippen LogP contribution in [0, 0.1) is 22.1 Å². The zero-order chi connectivity index (χ0) is 17.3. The van der Waals surface area contributed by atoms with E-state index in [1.807, 2.05) is 0 Å². The number of allylic oxidation sites excluding steroid dienone is 5. The fraction of sp³-hybridized carbons (Fsp3) is 0.250. The topological polar surface area (TPSA) is 131 Å². The second kappa shape index (κ2) is 6.23. The lowest BCUT2D eigenvalue weighted by Gasteiger charge is -2.31. The van der Waals surface area contributed by atoms with Crippen LogP contribution in [0.1, 0.15) is 11.5 Å². The number of aromatic nitrogens is 2. The minimum Gasteiger partial charge on any atom is -0.350 e. The molecule has 0 amide bonds. The van der Waals surface area contributed by atoms with Crippen LogP contribution in [0.5, 0.6) is 0 Å². The highest BCUT2D eigenvalue weighted by Crippen LogP contribution is 2.42. The summed E-state index contributed by atoms with van der Waals surface area (Å²) in [5, 5.41) is 35.8. The Morgan fingerprint density at radius 3 is 2.75 bits per heavy atom. The molecule has 0 saturated heterocycles. The molecule has 1 aromatic heterocycles. The van der Waals surface area contributed by atoms with Gasteiger partial charge in [-0.05, 0) is 11.6 Å². The number of fused-ring (bicyclic) bond motifs is 1. The number of ether oxygens (including phenoxy) is 2. The Labute approximate surface area is 138 Å². The molecule has 2 heterocycles. The summed E-state index contributed by atoms with van der Waals surface area (Å²) in [7, 11) is 2.96. The molecule has 1 atom stereocenters. The lowest BCUT2D eigenvalue weighted by atomic mass is 9.78. The van der Waals surface area contributed by atoms with E-state index in [9.17, 15) is 5.26 Å². The number of nitriles is 1. The highest BCUT2D eigenvalue weighted by molar-refractivity contribution is 6.51. The van der Waals surface area contributed by atoms with E-state index >= 15 is 0 Å². The molecule has 8 nitrogen and oxygen atoms in total. The largest absolute Gasteiger partial charge is 0.350 e. The van der Waals surface area contributed by atoms with Crippen LogP contribution in [0.2, 0.25) is 0 Å². The Kier molecular flexibility index (Phi) is 4.12. The van der Waals surface area contributed by atoms with Gasteiger partial charge in [-0.1, -0.05) is 12.2 Å². The molecule has 1 aromatic rings. The molecule has 3 rings (SSSR count). The maximum atomic E-state index is 9.76. The van der Waals surface area contributed by atoms with E-state index < -0.39 is 12.2 Å². The predicted octanol–water partition coefficient (Wildman–Crippen LogP) is 1.85. The van der Waals surface area contributed by atoms with E-state index in [1.165, 1.54) is 14.2 Å². The predicted molar refractivity (Wildman–Crippen MR) is 88.1 cm³/mol. The average molecular weight is 324 g/mol. The molecular weight excluding hydrogens is 308 g/mol. The Bertz CT molecular complexity index is 835. The molecule has 122 valence electrons. The number of anilines is 1. The van der Waals surface area contributed by atoms with E-state index in [2.05, 4.69) is 21.6 Å². The Morgan fingerprint density at radius 1 is 1.33 bits per heavy atom. The third-order valence-corrected chi connectivity index (χ3v) is 4.01. The van der Waals surface area contributed by atoms with E-state index in [0.29, 0.717) is 22.7 Å². The van der Waals surface area contributed by atoms with Crippen molar-refractivity contribution < 1.29 is 9.47 Å². The lowest BCUT2D eigenvalue weighted by Crippen LogP contribution is -2.31. The van der Waals surface area contributed by atoms with Crippen molar-refractivity contribution in [1.82, 2.24) is 10.2 Å². The number of methoxy groups -OCH3 is 2. The molecule has 2 aliphatic rings. The molecule has 0 fully saturated rings. The maximum absolute atomic E-state index is 9.76. The summed E-state index contributed by atoms with van der Waals surface area (Å²) in [6.07, 6.45) is 5.86. The van der Waals surface area contributed by atoms with Crippen LogP contribution in [-0.4, -0.2) is 42.1 Å². The first-order valence-electron chi connectivity index (χ1n) is 7.18. The van der Waals surface area contributed by atoms with Crippen molar-refractivity contribution in [2.24, 2.45) is 0 Å². The summed E-state index contributed by atoms with van der Waals surface area (Å²) >= 11 is 0. The molecule has 0 aromatic carbocycles. The van der Waals surface area contributed by atoms with Crippen LogP contribution >= 0.6 is 0 Å². The van der Waals surface area contributed by atoms with Crippen LogP contribution in [0.4, 0.5) is 5.82 Å². The molecule has 1 aliphatic heterocycles. The molecule has 0 saturated carbocycles. The van der Waals surface area contributed by atoms with Crippen LogP contribution in [-0.2, 0) is 9.47 Å². The molecule has 0 bridgehead atoms. The van der Waals surface area contributed by atoms with E-state index in [1.54, 1.807) is 24.4 Å². The van der Waals surface area contributed by atoms with Gasteiger partial charge in [-0.25, -0.2) is 0 Å². The first-order chi connectivity index (χ1) is 11.6. The van der Waals surface area contributed by atoms with Crippen LogP contribution < -0.4 is 5.32 Å². The maximum Gasteiger partial charge on any atom is 0.199 e. The highest BCUT2D eigenvalue weighted by atomic mass is 16.7. The van der Waals surface area contributed by atoms with Crippen molar-refractivity contribution in [3.8, 4) is 6.07 Å². The second-order valence-corrected chi connectivity index (χ2v) is 5.27. The van der Waals surface area contributed by atoms with Gasteiger partial charge in [0.1, 0.15) is 5.82 Å². The van der Waals surface area contributed by atoms with Crippen molar-refractivity contribution >= 4 is 17.2 Å². The number of nitrogens with one attached hydrogen (secondary N) is 4. The van der Waals surface area contributed by atoms with Gasteiger partial charge < -0.3 is 14.8 Å². The first-order valence-corrected chi connectivity index (χ1v) is 7.18. The van der Waals surface area contributed by atoms with Crippen molar-refractivity contribution in [3.05, 3.63) is 46.8 Å². The number of nitrogens with zero attached hydrogens (tertiary/aromatic N) is 2.